The molecule has 1 rings (SSSR count). The number of hydrogen-bond donors (Lipinski definition) is 2. The van der Waals surface area contributed by atoms with Gasteiger partial charge in [0.25, 0.3) is 0 Å². The molecule has 0 saturated carbocycles. The Morgan fingerprint density at radius 2 is 1.65 bits per heavy atom. The van der Waals surface area contributed by atoms with E-state index >= 15 is 0 Å². The van der Waals surface area contributed by atoms with Gasteiger partial charge in [0.1, 0.15) is 0 Å². The molecule has 2 unspecified atom stereocenters. The summed E-state index contributed by atoms with van der Waals surface area (Å²) in [6.45, 7) is 8.98. The molecule has 2 heteroatoms. The molecule has 0 bridgehead atoms. The summed E-state index contributed by atoms with van der Waals surface area (Å²) in [6, 6.07) is 6.23. The number of aliphatic hydroxyl groups is 1. The van der Waals surface area contributed by atoms with Crippen LogP contribution in [0.5, 0.6) is 0 Å². The van der Waals surface area contributed by atoms with Gasteiger partial charge in [-0.3, -0.25) is 0 Å². The van der Waals surface area contributed by atoms with Gasteiger partial charge in [-0.2, -0.15) is 0 Å². The van der Waals surface area contributed by atoms with Crippen LogP contribution in [0.15, 0.2) is 18.2 Å². The zero-order valence-electron chi connectivity index (χ0n) is 11.4. The molecule has 0 amide bonds. The molecule has 0 aliphatic heterocycles. The molecular weight excluding hydrogens is 210 g/mol. The van der Waals surface area contributed by atoms with E-state index in [0.717, 1.165) is 12.0 Å². The summed E-state index contributed by atoms with van der Waals surface area (Å²) in [6.07, 6.45) is 0.519. The molecule has 0 radical (unpaired) electrons. The summed E-state index contributed by atoms with van der Waals surface area (Å²) in [5.41, 5.74) is 9.16. The Morgan fingerprint density at radius 1 is 1.12 bits per heavy atom. The van der Waals surface area contributed by atoms with Gasteiger partial charge in [0.2, 0.25) is 0 Å². The molecule has 1 aromatic rings. The molecule has 0 fully saturated rings. The average molecular weight is 235 g/mol. The number of benzene rings is 1. The highest BCUT2D eigenvalue weighted by atomic mass is 16.3. The van der Waals surface area contributed by atoms with Crippen LogP contribution >= 0.6 is 0 Å². The fourth-order valence-corrected chi connectivity index (χ4v) is 2.41. The van der Waals surface area contributed by atoms with Gasteiger partial charge < -0.3 is 10.8 Å². The van der Waals surface area contributed by atoms with Crippen molar-refractivity contribution < 1.29 is 5.11 Å². The first kappa shape index (κ1) is 14.2. The molecule has 1 aromatic carbocycles. The van der Waals surface area contributed by atoms with E-state index in [1.54, 1.807) is 0 Å². The molecule has 2 nitrogen and oxygen atoms in total. The van der Waals surface area contributed by atoms with Crippen molar-refractivity contribution in [1.82, 2.24) is 0 Å². The van der Waals surface area contributed by atoms with Crippen LogP contribution in [0.4, 0.5) is 0 Å². The first-order chi connectivity index (χ1) is 7.93. The van der Waals surface area contributed by atoms with E-state index in [-0.39, 0.29) is 5.92 Å². The number of aryl methyl sites for hydroxylation is 2. The second kappa shape index (κ2) is 6.18. The lowest BCUT2D eigenvalue weighted by Crippen LogP contribution is -2.23. The minimum absolute atomic E-state index is 0.149. The second-order valence-electron chi connectivity index (χ2n) is 5.49. The minimum atomic E-state index is -0.444. The topological polar surface area (TPSA) is 46.2 Å². The smallest absolute Gasteiger partial charge is 0.0830 e. The van der Waals surface area contributed by atoms with Crippen molar-refractivity contribution >= 4 is 0 Å². The maximum Gasteiger partial charge on any atom is 0.0830 e. The normalized spacial score (nSPS) is 15.0. The summed E-state index contributed by atoms with van der Waals surface area (Å²) in [4.78, 5) is 0. The van der Waals surface area contributed by atoms with Crippen molar-refractivity contribution in [3.05, 3.63) is 34.9 Å². The van der Waals surface area contributed by atoms with Crippen molar-refractivity contribution in [3.8, 4) is 0 Å². The van der Waals surface area contributed by atoms with E-state index in [9.17, 15) is 5.11 Å². The Balaban J connectivity index is 2.89. The molecule has 3 N–H and O–H groups in total. The summed E-state index contributed by atoms with van der Waals surface area (Å²) in [5.74, 6) is 0.709. The lowest BCUT2D eigenvalue weighted by Gasteiger charge is -2.24. The van der Waals surface area contributed by atoms with Gasteiger partial charge in [-0.1, -0.05) is 43.2 Å². The van der Waals surface area contributed by atoms with E-state index in [1.165, 1.54) is 11.1 Å². The van der Waals surface area contributed by atoms with E-state index in [0.29, 0.717) is 12.5 Å². The first-order valence-electron chi connectivity index (χ1n) is 6.40. The van der Waals surface area contributed by atoms with Crippen LogP contribution in [0.1, 0.15) is 43.1 Å². The van der Waals surface area contributed by atoms with Crippen molar-refractivity contribution in [1.29, 1.82) is 0 Å². The molecule has 0 aromatic heterocycles. The SMILES string of the molecule is Cc1cc(C)cc(C(O)C(CN)CC(C)C)c1. The molecule has 0 heterocycles. The third kappa shape index (κ3) is 4.14. The highest BCUT2D eigenvalue weighted by molar-refractivity contribution is 5.30. The average Bonchev–Trinajstić information content (AvgIpc) is 2.23. The monoisotopic (exact) mass is 235 g/mol. The quantitative estimate of drug-likeness (QED) is 0.824. The zero-order valence-corrected chi connectivity index (χ0v) is 11.4. The predicted octanol–water partition coefficient (Wildman–Crippen LogP) is 2.96. The molecule has 0 aliphatic rings. The Hall–Kier alpha value is -0.860. The molecular formula is C15H25NO. The van der Waals surface area contributed by atoms with Gasteiger partial charge in [0.15, 0.2) is 0 Å². The summed E-state index contributed by atoms with van der Waals surface area (Å²) in [5, 5.41) is 10.4. The van der Waals surface area contributed by atoms with Crippen LogP contribution < -0.4 is 5.73 Å². The number of hydrogen-bond acceptors (Lipinski definition) is 2. The fraction of sp³-hybridized carbons (Fsp3) is 0.600. The Morgan fingerprint density at radius 3 is 2.06 bits per heavy atom. The van der Waals surface area contributed by atoms with Crippen LogP contribution in [0.3, 0.4) is 0 Å². The highest BCUT2D eigenvalue weighted by Crippen LogP contribution is 2.27. The highest BCUT2D eigenvalue weighted by Gasteiger charge is 2.20. The summed E-state index contributed by atoms with van der Waals surface area (Å²) >= 11 is 0. The zero-order chi connectivity index (χ0) is 13.0. The lowest BCUT2D eigenvalue weighted by atomic mass is 9.87. The van der Waals surface area contributed by atoms with Crippen LogP contribution in [0.25, 0.3) is 0 Å². The third-order valence-electron chi connectivity index (χ3n) is 3.11. The standard InChI is InChI=1S/C15H25NO/c1-10(2)5-14(9-16)15(17)13-7-11(3)6-12(4)8-13/h6-8,10,14-15,17H,5,9,16H2,1-4H3. The van der Waals surface area contributed by atoms with Crippen molar-refractivity contribution in [3.63, 3.8) is 0 Å². The number of rotatable bonds is 5. The molecule has 96 valence electrons. The van der Waals surface area contributed by atoms with Gasteiger partial charge in [-0.05, 0) is 38.3 Å². The van der Waals surface area contributed by atoms with Gasteiger partial charge in [-0.15, -0.1) is 0 Å². The number of nitrogens with two attached hydrogens (primary N) is 1. The van der Waals surface area contributed by atoms with E-state index < -0.39 is 6.10 Å². The predicted molar refractivity (Wildman–Crippen MR) is 72.9 cm³/mol. The van der Waals surface area contributed by atoms with E-state index in [2.05, 4.69) is 45.9 Å². The van der Waals surface area contributed by atoms with Crippen LogP contribution in [-0.4, -0.2) is 11.7 Å². The maximum atomic E-state index is 10.4. The Bertz CT molecular complexity index is 340. The maximum absolute atomic E-state index is 10.4. The van der Waals surface area contributed by atoms with Gasteiger partial charge in [-0.25, -0.2) is 0 Å². The number of aliphatic hydroxyl groups excluding tert-OH is 1. The van der Waals surface area contributed by atoms with Crippen molar-refractivity contribution in [2.45, 2.75) is 40.2 Å². The molecule has 2 atom stereocenters. The molecule has 0 saturated heterocycles. The first-order valence-corrected chi connectivity index (χ1v) is 6.40. The van der Waals surface area contributed by atoms with Gasteiger partial charge >= 0.3 is 0 Å². The fourth-order valence-electron chi connectivity index (χ4n) is 2.41. The Kier molecular flexibility index (Phi) is 5.16. The van der Waals surface area contributed by atoms with Gasteiger partial charge in [0.05, 0.1) is 6.10 Å². The van der Waals surface area contributed by atoms with Crippen LogP contribution in [-0.2, 0) is 0 Å². The van der Waals surface area contributed by atoms with Gasteiger partial charge in [0, 0.05) is 5.92 Å². The minimum Gasteiger partial charge on any atom is -0.388 e. The largest absolute Gasteiger partial charge is 0.388 e. The Labute approximate surface area is 105 Å². The van der Waals surface area contributed by atoms with Crippen molar-refractivity contribution in [2.24, 2.45) is 17.6 Å². The summed E-state index contributed by atoms with van der Waals surface area (Å²) in [7, 11) is 0. The molecule has 0 spiro atoms. The van der Waals surface area contributed by atoms with E-state index in [1.807, 2.05) is 0 Å². The lowest BCUT2D eigenvalue weighted by molar-refractivity contribution is 0.0994. The second-order valence-corrected chi connectivity index (χ2v) is 5.49. The molecule has 17 heavy (non-hydrogen) atoms. The van der Waals surface area contributed by atoms with E-state index in [4.69, 9.17) is 5.73 Å². The molecule has 0 aliphatic carbocycles. The third-order valence-corrected chi connectivity index (χ3v) is 3.11. The van der Waals surface area contributed by atoms with Crippen LogP contribution in [0.2, 0.25) is 0 Å². The summed E-state index contributed by atoms with van der Waals surface area (Å²) < 4.78 is 0. The van der Waals surface area contributed by atoms with Crippen molar-refractivity contribution in [2.75, 3.05) is 6.54 Å². The van der Waals surface area contributed by atoms with Crippen LogP contribution in [0, 0.1) is 25.7 Å².